The molecule has 1 atom stereocenters. The van der Waals surface area contributed by atoms with E-state index < -0.39 is 0 Å². The first-order valence-corrected chi connectivity index (χ1v) is 6.98. The third kappa shape index (κ3) is 3.72. The third-order valence-electron chi connectivity index (χ3n) is 4.04. The molecule has 0 aromatic rings. The summed E-state index contributed by atoms with van der Waals surface area (Å²) in [6.45, 7) is 9.10. The van der Waals surface area contributed by atoms with E-state index in [0.29, 0.717) is 0 Å². The molecule has 2 fully saturated rings. The molecule has 0 aromatic carbocycles. The van der Waals surface area contributed by atoms with Gasteiger partial charge >= 0.3 is 0 Å². The zero-order valence-electron chi connectivity index (χ0n) is 10.7. The van der Waals surface area contributed by atoms with Crippen LogP contribution >= 0.6 is 0 Å². The molecule has 0 aliphatic carbocycles. The standard InChI is InChI=1S/C13H27N3/c1-14-11-13-5-8-16(12-13)10-9-15-6-3-2-4-7-15/h13-14H,2-12H2,1H3. The largest absolute Gasteiger partial charge is 0.319 e. The third-order valence-corrected chi connectivity index (χ3v) is 4.04. The SMILES string of the molecule is CNCC1CCN(CCN2CCCCC2)C1. The van der Waals surface area contributed by atoms with Crippen LogP contribution < -0.4 is 5.32 Å². The molecular formula is C13H27N3. The molecule has 94 valence electrons. The Labute approximate surface area is 100 Å². The van der Waals surface area contributed by atoms with Crippen LogP contribution in [0.1, 0.15) is 25.7 Å². The van der Waals surface area contributed by atoms with Gasteiger partial charge in [0.05, 0.1) is 0 Å². The van der Waals surface area contributed by atoms with E-state index >= 15 is 0 Å². The second-order valence-corrected chi connectivity index (χ2v) is 5.42. The summed E-state index contributed by atoms with van der Waals surface area (Å²) in [5, 5.41) is 3.30. The molecule has 1 unspecified atom stereocenters. The fourth-order valence-electron chi connectivity index (χ4n) is 3.04. The molecule has 0 saturated carbocycles. The Hall–Kier alpha value is -0.120. The Bertz CT molecular complexity index is 190. The normalized spacial score (nSPS) is 28.7. The van der Waals surface area contributed by atoms with E-state index in [0.717, 1.165) is 5.92 Å². The summed E-state index contributed by atoms with van der Waals surface area (Å²) < 4.78 is 0. The van der Waals surface area contributed by atoms with Gasteiger partial charge in [0, 0.05) is 19.6 Å². The van der Waals surface area contributed by atoms with Crippen molar-refractivity contribution in [1.29, 1.82) is 0 Å². The first kappa shape index (κ1) is 12.3. The topological polar surface area (TPSA) is 18.5 Å². The Morgan fingerprint density at radius 1 is 1.00 bits per heavy atom. The lowest BCUT2D eigenvalue weighted by atomic mass is 10.1. The first-order valence-electron chi connectivity index (χ1n) is 6.98. The van der Waals surface area contributed by atoms with E-state index in [1.165, 1.54) is 71.5 Å². The maximum Gasteiger partial charge on any atom is 0.0109 e. The monoisotopic (exact) mass is 225 g/mol. The summed E-state index contributed by atoms with van der Waals surface area (Å²) in [6.07, 6.45) is 5.68. The van der Waals surface area contributed by atoms with Crippen LogP contribution in [0.25, 0.3) is 0 Å². The maximum atomic E-state index is 3.30. The number of nitrogens with zero attached hydrogens (tertiary/aromatic N) is 2. The van der Waals surface area contributed by atoms with Crippen molar-refractivity contribution in [2.45, 2.75) is 25.7 Å². The molecule has 0 bridgehead atoms. The molecule has 16 heavy (non-hydrogen) atoms. The van der Waals surface area contributed by atoms with Crippen LogP contribution in [0.3, 0.4) is 0 Å². The average Bonchev–Trinajstić information content (AvgIpc) is 2.76. The van der Waals surface area contributed by atoms with Gasteiger partial charge in [0.25, 0.3) is 0 Å². The minimum Gasteiger partial charge on any atom is -0.319 e. The lowest BCUT2D eigenvalue weighted by Gasteiger charge is -2.28. The van der Waals surface area contributed by atoms with Gasteiger partial charge in [-0.2, -0.15) is 0 Å². The Kier molecular flexibility index (Phi) is 5.07. The van der Waals surface area contributed by atoms with Crippen molar-refractivity contribution in [2.24, 2.45) is 5.92 Å². The Balaban J connectivity index is 1.59. The van der Waals surface area contributed by atoms with Crippen molar-refractivity contribution in [3.05, 3.63) is 0 Å². The predicted octanol–water partition coefficient (Wildman–Crippen LogP) is 1.01. The summed E-state index contributed by atoms with van der Waals surface area (Å²) in [5.74, 6) is 0.895. The molecular weight excluding hydrogens is 198 g/mol. The van der Waals surface area contributed by atoms with Crippen LogP contribution in [0, 0.1) is 5.92 Å². The number of rotatable bonds is 5. The summed E-state index contributed by atoms with van der Waals surface area (Å²) in [5.41, 5.74) is 0. The molecule has 0 spiro atoms. The van der Waals surface area contributed by atoms with Gasteiger partial charge in [-0.3, -0.25) is 0 Å². The number of nitrogens with one attached hydrogen (secondary N) is 1. The van der Waals surface area contributed by atoms with Gasteiger partial charge in [-0.1, -0.05) is 6.42 Å². The number of piperidine rings is 1. The van der Waals surface area contributed by atoms with E-state index in [1.54, 1.807) is 0 Å². The van der Waals surface area contributed by atoms with Crippen molar-refractivity contribution < 1.29 is 0 Å². The molecule has 2 saturated heterocycles. The van der Waals surface area contributed by atoms with Crippen molar-refractivity contribution in [1.82, 2.24) is 15.1 Å². The van der Waals surface area contributed by atoms with Crippen molar-refractivity contribution >= 4 is 0 Å². The van der Waals surface area contributed by atoms with E-state index in [2.05, 4.69) is 22.2 Å². The van der Waals surface area contributed by atoms with Crippen LogP contribution in [-0.4, -0.2) is 62.7 Å². The van der Waals surface area contributed by atoms with Crippen molar-refractivity contribution in [3.8, 4) is 0 Å². The Morgan fingerprint density at radius 3 is 2.50 bits per heavy atom. The molecule has 3 heteroatoms. The van der Waals surface area contributed by atoms with Crippen LogP contribution in [0.4, 0.5) is 0 Å². The molecule has 0 amide bonds. The van der Waals surface area contributed by atoms with Gasteiger partial charge in [0.1, 0.15) is 0 Å². The van der Waals surface area contributed by atoms with E-state index in [4.69, 9.17) is 0 Å². The summed E-state index contributed by atoms with van der Waals surface area (Å²) in [6, 6.07) is 0. The number of hydrogen-bond acceptors (Lipinski definition) is 3. The summed E-state index contributed by atoms with van der Waals surface area (Å²) in [7, 11) is 2.07. The van der Waals surface area contributed by atoms with Crippen molar-refractivity contribution in [3.63, 3.8) is 0 Å². The van der Waals surface area contributed by atoms with Gasteiger partial charge in [0.15, 0.2) is 0 Å². The van der Waals surface area contributed by atoms with Gasteiger partial charge in [-0.25, -0.2) is 0 Å². The maximum absolute atomic E-state index is 3.30. The van der Waals surface area contributed by atoms with E-state index in [-0.39, 0.29) is 0 Å². The minimum absolute atomic E-state index is 0.895. The minimum atomic E-state index is 0.895. The van der Waals surface area contributed by atoms with Gasteiger partial charge < -0.3 is 15.1 Å². The number of hydrogen-bond donors (Lipinski definition) is 1. The lowest BCUT2D eigenvalue weighted by Crippen LogP contribution is -2.37. The fourth-order valence-corrected chi connectivity index (χ4v) is 3.04. The van der Waals surface area contributed by atoms with Gasteiger partial charge in [-0.05, 0) is 58.4 Å². The molecule has 0 radical (unpaired) electrons. The lowest BCUT2D eigenvalue weighted by molar-refractivity contribution is 0.194. The van der Waals surface area contributed by atoms with Crippen LogP contribution in [0.2, 0.25) is 0 Å². The van der Waals surface area contributed by atoms with Gasteiger partial charge in [-0.15, -0.1) is 0 Å². The molecule has 3 nitrogen and oxygen atoms in total. The zero-order chi connectivity index (χ0) is 11.2. The smallest absolute Gasteiger partial charge is 0.0109 e. The molecule has 0 aromatic heterocycles. The highest BCUT2D eigenvalue weighted by atomic mass is 15.2. The quantitative estimate of drug-likeness (QED) is 0.753. The van der Waals surface area contributed by atoms with Crippen molar-refractivity contribution in [2.75, 3.05) is 52.9 Å². The van der Waals surface area contributed by atoms with E-state index in [9.17, 15) is 0 Å². The van der Waals surface area contributed by atoms with Crippen LogP contribution in [0.15, 0.2) is 0 Å². The molecule has 2 rings (SSSR count). The highest BCUT2D eigenvalue weighted by molar-refractivity contribution is 4.77. The molecule has 1 N–H and O–H groups in total. The average molecular weight is 225 g/mol. The van der Waals surface area contributed by atoms with Gasteiger partial charge in [0.2, 0.25) is 0 Å². The summed E-state index contributed by atoms with van der Waals surface area (Å²) in [4.78, 5) is 5.30. The molecule has 2 heterocycles. The van der Waals surface area contributed by atoms with Crippen LogP contribution in [0.5, 0.6) is 0 Å². The Morgan fingerprint density at radius 2 is 1.75 bits per heavy atom. The second kappa shape index (κ2) is 6.58. The highest BCUT2D eigenvalue weighted by Crippen LogP contribution is 2.15. The predicted molar refractivity (Wildman–Crippen MR) is 68.8 cm³/mol. The van der Waals surface area contributed by atoms with Crippen LogP contribution in [-0.2, 0) is 0 Å². The highest BCUT2D eigenvalue weighted by Gasteiger charge is 2.22. The zero-order valence-corrected chi connectivity index (χ0v) is 10.7. The molecule has 2 aliphatic heterocycles. The second-order valence-electron chi connectivity index (χ2n) is 5.42. The van der Waals surface area contributed by atoms with E-state index in [1.807, 2.05) is 0 Å². The first-order chi connectivity index (χ1) is 7.88. The summed E-state index contributed by atoms with van der Waals surface area (Å²) >= 11 is 0. The number of likely N-dealkylation sites (tertiary alicyclic amines) is 2. The molecule has 2 aliphatic rings. The fraction of sp³-hybridized carbons (Fsp3) is 1.00.